The molecule has 33 heavy (non-hydrogen) atoms. The van der Waals surface area contributed by atoms with E-state index < -0.39 is 11.6 Å². The van der Waals surface area contributed by atoms with Crippen LogP contribution in [0, 0.1) is 17.6 Å². The van der Waals surface area contributed by atoms with E-state index >= 15 is 0 Å². The second-order valence-corrected chi connectivity index (χ2v) is 8.60. The van der Waals surface area contributed by atoms with Gasteiger partial charge in [0.2, 0.25) is 5.91 Å². The van der Waals surface area contributed by atoms with Crippen molar-refractivity contribution < 1.29 is 27.5 Å². The molecule has 1 amide bonds. The molecule has 0 saturated carbocycles. The first-order chi connectivity index (χ1) is 15.9. The summed E-state index contributed by atoms with van der Waals surface area (Å²) < 4.78 is 38.4. The minimum atomic E-state index is -0.971. The molecule has 0 spiro atoms. The highest BCUT2D eigenvalue weighted by atomic mass is 19.2. The Hall–Kier alpha value is -2.78. The molecule has 7 nitrogen and oxygen atoms in total. The molecule has 4 rings (SSSR count). The van der Waals surface area contributed by atoms with Crippen molar-refractivity contribution in [1.82, 2.24) is 14.7 Å². The predicted molar refractivity (Wildman–Crippen MR) is 116 cm³/mol. The van der Waals surface area contributed by atoms with E-state index in [0.717, 1.165) is 11.8 Å². The van der Waals surface area contributed by atoms with Gasteiger partial charge in [0.15, 0.2) is 11.6 Å². The van der Waals surface area contributed by atoms with E-state index in [1.807, 2.05) is 12.1 Å². The monoisotopic (exact) mass is 461 g/mol. The van der Waals surface area contributed by atoms with Crippen molar-refractivity contribution in [3.63, 3.8) is 0 Å². The maximum absolute atomic E-state index is 14.1. The van der Waals surface area contributed by atoms with Crippen molar-refractivity contribution in [1.29, 1.82) is 0 Å². The number of benzene rings is 1. The SMILES string of the molecule is CCOC(=O)[C@@H]1CN(Cc2ccco2)C[C@@H]2CN(C(=O)Cc3cccc(F)c3F)CCN2C1. The number of amides is 1. The zero-order valence-corrected chi connectivity index (χ0v) is 18.7. The largest absolute Gasteiger partial charge is 0.468 e. The van der Waals surface area contributed by atoms with Gasteiger partial charge >= 0.3 is 5.97 Å². The Morgan fingerprint density at radius 3 is 2.70 bits per heavy atom. The lowest BCUT2D eigenvalue weighted by Crippen LogP contribution is -2.57. The van der Waals surface area contributed by atoms with Crippen molar-refractivity contribution in [2.45, 2.75) is 25.9 Å². The topological polar surface area (TPSA) is 66.2 Å². The smallest absolute Gasteiger partial charge is 0.311 e. The van der Waals surface area contributed by atoms with E-state index in [9.17, 15) is 18.4 Å². The van der Waals surface area contributed by atoms with Crippen molar-refractivity contribution in [3.05, 3.63) is 59.6 Å². The summed E-state index contributed by atoms with van der Waals surface area (Å²) in [4.78, 5) is 31.6. The number of halogens is 2. The molecule has 9 heteroatoms. The van der Waals surface area contributed by atoms with Crippen LogP contribution in [0.25, 0.3) is 0 Å². The summed E-state index contributed by atoms with van der Waals surface area (Å²) in [6.45, 7) is 5.95. The molecule has 3 heterocycles. The molecule has 0 bridgehead atoms. The third-order valence-corrected chi connectivity index (χ3v) is 6.31. The van der Waals surface area contributed by atoms with Gasteiger partial charge in [0.25, 0.3) is 0 Å². The average molecular weight is 462 g/mol. The highest BCUT2D eigenvalue weighted by Crippen LogP contribution is 2.22. The molecule has 1 aromatic carbocycles. The fourth-order valence-corrected chi connectivity index (χ4v) is 4.68. The number of carbonyl (C=O) groups is 2. The molecule has 178 valence electrons. The Balaban J connectivity index is 1.46. The molecular formula is C24H29F2N3O4. The Morgan fingerprint density at radius 2 is 1.94 bits per heavy atom. The predicted octanol–water partition coefficient (Wildman–Crippen LogP) is 2.31. The Labute approximate surface area is 191 Å². The van der Waals surface area contributed by atoms with Crippen molar-refractivity contribution in [2.24, 2.45) is 5.92 Å². The lowest BCUT2D eigenvalue weighted by Gasteiger charge is -2.41. The van der Waals surface area contributed by atoms with Crippen LogP contribution in [0.2, 0.25) is 0 Å². The number of fused-ring (bicyclic) bond motifs is 1. The lowest BCUT2D eigenvalue weighted by molar-refractivity contribution is -0.149. The number of hydrogen-bond donors (Lipinski definition) is 0. The average Bonchev–Trinajstić information content (AvgIpc) is 3.23. The molecule has 0 aliphatic carbocycles. The van der Waals surface area contributed by atoms with Gasteiger partial charge in [-0.05, 0) is 25.1 Å². The summed E-state index contributed by atoms with van der Waals surface area (Å²) in [6.07, 6.45) is 1.44. The fraction of sp³-hybridized carbons (Fsp3) is 0.500. The summed E-state index contributed by atoms with van der Waals surface area (Å²) in [5, 5.41) is 0. The van der Waals surface area contributed by atoms with Crippen LogP contribution in [0.4, 0.5) is 8.78 Å². The van der Waals surface area contributed by atoms with Crippen LogP contribution < -0.4 is 0 Å². The molecule has 2 aliphatic rings. The standard InChI is InChI=1S/C24H29F2N3O4/c1-2-32-24(31)18-12-27(16-20-6-4-10-33-20)14-19-15-29(9-8-28(19)13-18)22(30)11-17-5-3-7-21(25)23(17)26/h3-7,10,18-19H,2,8-9,11-16H2,1H3/t18-,19-/m1/s1. The number of carbonyl (C=O) groups excluding carboxylic acids is 2. The molecular weight excluding hydrogens is 432 g/mol. The summed E-state index contributed by atoms with van der Waals surface area (Å²) in [6, 6.07) is 7.62. The Morgan fingerprint density at radius 1 is 1.09 bits per heavy atom. The van der Waals surface area contributed by atoms with E-state index in [4.69, 9.17) is 9.15 Å². The van der Waals surface area contributed by atoms with E-state index in [1.165, 1.54) is 12.1 Å². The summed E-state index contributed by atoms with van der Waals surface area (Å²) in [5.74, 6) is -1.87. The zero-order valence-electron chi connectivity index (χ0n) is 18.7. The van der Waals surface area contributed by atoms with Gasteiger partial charge in [-0.3, -0.25) is 19.4 Å². The van der Waals surface area contributed by atoms with Crippen LogP contribution in [-0.4, -0.2) is 78.5 Å². The van der Waals surface area contributed by atoms with Crippen LogP contribution in [0.1, 0.15) is 18.2 Å². The molecule has 0 radical (unpaired) electrons. The molecule has 2 aromatic rings. The minimum absolute atomic E-state index is 0.00875. The van der Waals surface area contributed by atoms with Crippen LogP contribution in [0.3, 0.4) is 0 Å². The third kappa shape index (κ3) is 5.59. The molecule has 0 unspecified atom stereocenters. The number of ether oxygens (including phenoxy) is 1. The summed E-state index contributed by atoms with van der Waals surface area (Å²) >= 11 is 0. The maximum Gasteiger partial charge on any atom is 0.311 e. The molecule has 2 atom stereocenters. The highest BCUT2D eigenvalue weighted by Gasteiger charge is 2.38. The fourth-order valence-electron chi connectivity index (χ4n) is 4.68. The van der Waals surface area contributed by atoms with Crippen molar-refractivity contribution in [3.8, 4) is 0 Å². The molecule has 2 saturated heterocycles. The van der Waals surface area contributed by atoms with Gasteiger partial charge in [-0.25, -0.2) is 8.78 Å². The maximum atomic E-state index is 14.1. The van der Waals surface area contributed by atoms with Gasteiger partial charge in [-0.2, -0.15) is 0 Å². The lowest BCUT2D eigenvalue weighted by atomic mass is 10.1. The summed E-state index contributed by atoms with van der Waals surface area (Å²) in [7, 11) is 0. The number of esters is 1. The van der Waals surface area contributed by atoms with Gasteiger partial charge in [0, 0.05) is 50.9 Å². The summed E-state index contributed by atoms with van der Waals surface area (Å²) in [5.41, 5.74) is 0.0603. The second-order valence-electron chi connectivity index (χ2n) is 8.60. The minimum Gasteiger partial charge on any atom is -0.468 e. The molecule has 2 aliphatic heterocycles. The van der Waals surface area contributed by atoms with Crippen LogP contribution in [0.5, 0.6) is 0 Å². The van der Waals surface area contributed by atoms with E-state index in [2.05, 4.69) is 9.80 Å². The van der Waals surface area contributed by atoms with Crippen molar-refractivity contribution >= 4 is 11.9 Å². The van der Waals surface area contributed by atoms with Crippen LogP contribution in [0.15, 0.2) is 41.0 Å². The van der Waals surface area contributed by atoms with Gasteiger partial charge in [0.05, 0.1) is 31.8 Å². The van der Waals surface area contributed by atoms with Crippen molar-refractivity contribution in [2.75, 3.05) is 45.9 Å². The van der Waals surface area contributed by atoms with Gasteiger partial charge in [-0.15, -0.1) is 0 Å². The number of furan rings is 1. The second kappa shape index (κ2) is 10.4. The molecule has 0 N–H and O–H groups in total. The first kappa shape index (κ1) is 23.4. The third-order valence-electron chi connectivity index (χ3n) is 6.31. The highest BCUT2D eigenvalue weighted by molar-refractivity contribution is 5.79. The van der Waals surface area contributed by atoms with Gasteiger partial charge in [-0.1, -0.05) is 12.1 Å². The number of rotatable bonds is 6. The first-order valence-electron chi connectivity index (χ1n) is 11.3. The normalized spacial score (nSPS) is 22.0. The number of piperazine rings is 1. The first-order valence-corrected chi connectivity index (χ1v) is 11.3. The van der Waals surface area contributed by atoms with Crippen LogP contribution >= 0.6 is 0 Å². The Bertz CT molecular complexity index is 969. The van der Waals surface area contributed by atoms with E-state index in [-0.39, 0.29) is 35.8 Å². The Kier molecular flexibility index (Phi) is 7.39. The van der Waals surface area contributed by atoms with Gasteiger partial charge < -0.3 is 14.1 Å². The molecule has 2 fully saturated rings. The number of nitrogens with zero attached hydrogens (tertiary/aromatic N) is 3. The van der Waals surface area contributed by atoms with E-state index in [0.29, 0.717) is 52.4 Å². The number of hydrogen-bond acceptors (Lipinski definition) is 6. The van der Waals surface area contributed by atoms with Crippen LogP contribution in [-0.2, 0) is 27.3 Å². The zero-order chi connectivity index (χ0) is 23.4. The molecule has 1 aromatic heterocycles. The quantitative estimate of drug-likeness (QED) is 0.616. The van der Waals surface area contributed by atoms with E-state index in [1.54, 1.807) is 18.1 Å². The van der Waals surface area contributed by atoms with Gasteiger partial charge in [0.1, 0.15) is 5.76 Å².